The highest BCUT2D eigenvalue weighted by atomic mass is 19.4. The van der Waals surface area contributed by atoms with E-state index in [9.17, 15) is 18.3 Å². The van der Waals surface area contributed by atoms with Crippen molar-refractivity contribution in [2.45, 2.75) is 63.4 Å². The van der Waals surface area contributed by atoms with Gasteiger partial charge in [-0.05, 0) is 67.5 Å². The quantitative estimate of drug-likeness (QED) is 0.483. The smallest absolute Gasteiger partial charge is 0.393 e. The maximum atomic E-state index is 14.0. The van der Waals surface area contributed by atoms with Crippen molar-refractivity contribution in [3.05, 3.63) is 71.1 Å². The fourth-order valence-corrected chi connectivity index (χ4v) is 5.82. The summed E-state index contributed by atoms with van der Waals surface area (Å²) in [6, 6.07) is 8.81. The van der Waals surface area contributed by atoms with Crippen LogP contribution in [0, 0.1) is 5.92 Å². The number of nitrogens with one attached hydrogen (secondary N) is 1. The fraction of sp³-hybridized carbons (Fsp3) is 0.519. The second-order valence-corrected chi connectivity index (χ2v) is 10.7. The van der Waals surface area contributed by atoms with Crippen LogP contribution in [0.5, 0.6) is 0 Å². The Morgan fingerprint density at radius 1 is 1.22 bits per heavy atom. The van der Waals surface area contributed by atoms with Crippen molar-refractivity contribution in [3.63, 3.8) is 0 Å². The third kappa shape index (κ3) is 5.36. The summed E-state index contributed by atoms with van der Waals surface area (Å²) in [5.41, 5.74) is 0.995. The molecule has 0 amide bonds. The van der Waals surface area contributed by atoms with E-state index in [0.717, 1.165) is 37.3 Å². The van der Waals surface area contributed by atoms with Gasteiger partial charge in [0.25, 0.3) is 0 Å². The number of nitrogens with zero attached hydrogens (tertiary/aromatic N) is 5. The van der Waals surface area contributed by atoms with Crippen LogP contribution in [0.15, 0.2) is 42.9 Å². The lowest BCUT2D eigenvalue weighted by Crippen LogP contribution is -2.47. The normalized spacial score (nSPS) is 24.6. The second kappa shape index (κ2) is 10.1. The molecular formula is C27H33F3N6O. The molecule has 2 fully saturated rings. The Balaban J connectivity index is 1.34. The van der Waals surface area contributed by atoms with Crippen molar-refractivity contribution < 1.29 is 18.3 Å². The van der Waals surface area contributed by atoms with Crippen molar-refractivity contribution in [2.75, 3.05) is 18.4 Å². The third-order valence-corrected chi connectivity index (χ3v) is 7.66. The average Bonchev–Trinajstić information content (AvgIpc) is 3.26. The van der Waals surface area contributed by atoms with Gasteiger partial charge in [0.15, 0.2) is 0 Å². The number of alkyl halides is 3. The van der Waals surface area contributed by atoms with Gasteiger partial charge in [-0.15, -0.1) is 10.2 Å². The highest BCUT2D eigenvalue weighted by Gasteiger charge is 2.49. The largest absolute Gasteiger partial charge is 0.418 e. The maximum absolute atomic E-state index is 14.0. The van der Waals surface area contributed by atoms with Gasteiger partial charge in [-0.3, -0.25) is 9.88 Å². The van der Waals surface area contributed by atoms with E-state index in [2.05, 4.69) is 32.3 Å². The van der Waals surface area contributed by atoms with Crippen LogP contribution in [0.4, 0.5) is 18.9 Å². The lowest BCUT2D eigenvalue weighted by atomic mass is 9.62. The van der Waals surface area contributed by atoms with E-state index in [-0.39, 0.29) is 12.2 Å². The molecule has 2 N–H and O–H groups in total. The van der Waals surface area contributed by atoms with Crippen LogP contribution in [0.2, 0.25) is 0 Å². The fourth-order valence-electron chi connectivity index (χ4n) is 5.82. The van der Waals surface area contributed by atoms with Gasteiger partial charge in [-0.25, -0.2) is 0 Å². The molecule has 37 heavy (non-hydrogen) atoms. The molecule has 1 atom stereocenters. The number of aromatic nitrogens is 4. The summed E-state index contributed by atoms with van der Waals surface area (Å²) in [4.78, 5) is 6.45. The zero-order valence-corrected chi connectivity index (χ0v) is 21.2. The highest BCUT2D eigenvalue weighted by molar-refractivity contribution is 5.51. The first-order valence-corrected chi connectivity index (χ1v) is 12.8. The van der Waals surface area contributed by atoms with E-state index in [1.54, 1.807) is 12.5 Å². The number of likely N-dealkylation sites (tertiary alicyclic amines) is 1. The van der Waals surface area contributed by atoms with Crippen LogP contribution in [0.1, 0.15) is 60.8 Å². The number of aliphatic hydroxyl groups excluding tert-OH is 1. The summed E-state index contributed by atoms with van der Waals surface area (Å²) in [6.07, 6.45) is 1.53. The number of piperidine rings is 1. The van der Waals surface area contributed by atoms with Gasteiger partial charge in [-0.2, -0.15) is 13.2 Å². The highest BCUT2D eigenvalue weighted by Crippen LogP contribution is 2.48. The molecule has 7 nitrogen and oxygen atoms in total. The van der Waals surface area contributed by atoms with Crippen molar-refractivity contribution in [3.8, 4) is 0 Å². The van der Waals surface area contributed by atoms with Crippen molar-refractivity contribution in [1.82, 2.24) is 24.6 Å². The van der Waals surface area contributed by atoms with Crippen LogP contribution in [0.3, 0.4) is 0 Å². The molecular weight excluding hydrogens is 481 g/mol. The standard InChI is InChI=1S/C27H33F3N6O/c1-18-5-4-8-36(15-18)16-19-9-23(27(28,29)30)24(32-13-19)14-31-21-7-3-6-20(10-21)26(11-22(37)12-26)25-34-33-17-35(25)2/h3,6-7,9-10,13,17-18,22,31,37H,4-5,8,11-12,14-16H2,1-2H3/t18-,22-,26+/m0/s1. The monoisotopic (exact) mass is 514 g/mol. The molecule has 2 aromatic heterocycles. The first-order chi connectivity index (χ1) is 17.6. The summed E-state index contributed by atoms with van der Waals surface area (Å²) in [6.45, 7) is 4.40. The molecule has 1 saturated heterocycles. The van der Waals surface area contributed by atoms with Crippen molar-refractivity contribution in [2.24, 2.45) is 13.0 Å². The summed E-state index contributed by atoms with van der Waals surface area (Å²) in [7, 11) is 1.86. The third-order valence-electron chi connectivity index (χ3n) is 7.66. The molecule has 3 aromatic rings. The summed E-state index contributed by atoms with van der Waals surface area (Å²) < 4.78 is 43.8. The summed E-state index contributed by atoms with van der Waals surface area (Å²) >= 11 is 0. The van der Waals surface area contributed by atoms with E-state index in [4.69, 9.17) is 0 Å². The van der Waals surface area contributed by atoms with Crippen LogP contribution >= 0.6 is 0 Å². The number of rotatable bonds is 7. The van der Waals surface area contributed by atoms with Gasteiger partial charge in [0, 0.05) is 32.0 Å². The van der Waals surface area contributed by atoms with Gasteiger partial charge >= 0.3 is 6.18 Å². The molecule has 0 bridgehead atoms. The summed E-state index contributed by atoms with van der Waals surface area (Å²) in [5.74, 6) is 1.31. The molecule has 1 aromatic carbocycles. The SMILES string of the molecule is C[C@H]1CCCN(Cc2cnc(CNc3cccc([C@]4(c5nncn5C)C[C@@H](O)C4)c3)c(C(F)(F)F)c2)C1. The van der Waals surface area contributed by atoms with E-state index >= 15 is 0 Å². The van der Waals surface area contributed by atoms with E-state index in [0.29, 0.717) is 36.6 Å². The number of hydrogen-bond donors (Lipinski definition) is 2. The Morgan fingerprint density at radius 2 is 2.03 bits per heavy atom. The average molecular weight is 515 g/mol. The number of aryl methyl sites for hydroxylation is 1. The van der Waals surface area contributed by atoms with Gasteiger partial charge < -0.3 is 15.0 Å². The molecule has 3 heterocycles. The number of aliphatic hydroxyl groups is 1. The zero-order chi connectivity index (χ0) is 26.2. The lowest BCUT2D eigenvalue weighted by Gasteiger charge is -2.44. The molecule has 10 heteroatoms. The minimum atomic E-state index is -4.49. The van der Waals surface area contributed by atoms with Gasteiger partial charge in [-0.1, -0.05) is 19.1 Å². The number of pyridine rings is 1. The number of anilines is 1. The van der Waals surface area contributed by atoms with Gasteiger partial charge in [0.05, 0.1) is 29.3 Å². The van der Waals surface area contributed by atoms with E-state index in [1.165, 1.54) is 6.07 Å². The maximum Gasteiger partial charge on any atom is 0.418 e. The lowest BCUT2D eigenvalue weighted by molar-refractivity contribution is -0.138. The molecule has 0 spiro atoms. The molecule has 1 aliphatic heterocycles. The van der Waals surface area contributed by atoms with Crippen LogP contribution in [0.25, 0.3) is 0 Å². The minimum Gasteiger partial charge on any atom is -0.393 e. The second-order valence-electron chi connectivity index (χ2n) is 10.7. The number of halogens is 3. The Kier molecular flexibility index (Phi) is 6.97. The van der Waals surface area contributed by atoms with Crippen LogP contribution < -0.4 is 5.32 Å². The first kappa shape index (κ1) is 25.7. The molecule has 0 unspecified atom stereocenters. The Morgan fingerprint density at radius 3 is 2.70 bits per heavy atom. The molecule has 198 valence electrons. The number of hydrogen-bond acceptors (Lipinski definition) is 6. The van der Waals surface area contributed by atoms with E-state index in [1.807, 2.05) is 35.9 Å². The van der Waals surface area contributed by atoms with Crippen LogP contribution in [-0.4, -0.2) is 48.9 Å². The summed E-state index contributed by atoms with van der Waals surface area (Å²) in [5, 5.41) is 21.5. The predicted octanol–water partition coefficient (Wildman–Crippen LogP) is 4.51. The Labute approximate surface area is 214 Å². The van der Waals surface area contributed by atoms with Crippen LogP contribution in [-0.2, 0) is 31.7 Å². The molecule has 1 aliphatic carbocycles. The van der Waals surface area contributed by atoms with E-state index < -0.39 is 23.3 Å². The molecule has 1 saturated carbocycles. The molecule has 2 aliphatic rings. The van der Waals surface area contributed by atoms with Crippen molar-refractivity contribution in [1.29, 1.82) is 0 Å². The molecule has 0 radical (unpaired) electrons. The van der Waals surface area contributed by atoms with Crippen molar-refractivity contribution >= 4 is 5.69 Å². The first-order valence-electron chi connectivity index (χ1n) is 12.8. The Bertz CT molecular complexity index is 1240. The Hall–Kier alpha value is -2.98. The zero-order valence-electron chi connectivity index (χ0n) is 21.2. The molecule has 5 rings (SSSR count). The van der Waals surface area contributed by atoms with Gasteiger partial charge in [0.2, 0.25) is 0 Å². The predicted molar refractivity (Wildman–Crippen MR) is 134 cm³/mol. The number of benzene rings is 1. The van der Waals surface area contributed by atoms with Gasteiger partial charge in [0.1, 0.15) is 12.2 Å². The minimum absolute atomic E-state index is 0.0317. The topological polar surface area (TPSA) is 79.1 Å².